The van der Waals surface area contributed by atoms with Crippen molar-refractivity contribution in [2.45, 2.75) is 51.4 Å². The van der Waals surface area contributed by atoms with Crippen molar-refractivity contribution < 1.29 is 0 Å². The van der Waals surface area contributed by atoms with Crippen LogP contribution in [0.25, 0.3) is 0 Å². The fraction of sp³-hybridized carbons (Fsp3) is 0.286. The number of rotatable bonds is 4. The molecule has 4 aromatic rings. The molecule has 1 fully saturated rings. The summed E-state index contributed by atoms with van der Waals surface area (Å²) in [7, 11) is 0. The topological polar surface area (TPSA) is 51.6 Å². The summed E-state index contributed by atoms with van der Waals surface area (Å²) in [4.78, 5) is 18.9. The van der Waals surface area contributed by atoms with Gasteiger partial charge in [-0.1, -0.05) is 60.7 Å². The number of aromatic nitrogens is 4. The molecule has 0 saturated heterocycles. The number of hydrogen-bond acceptors (Lipinski definition) is 4. The molecule has 0 spiro atoms. The molecule has 0 aliphatic heterocycles. The van der Waals surface area contributed by atoms with Crippen LogP contribution in [0.3, 0.4) is 0 Å². The molecule has 4 nitrogen and oxygen atoms in total. The summed E-state index contributed by atoms with van der Waals surface area (Å²) < 4.78 is 0. The normalized spacial score (nSPS) is 22.4. The molecule has 0 radical (unpaired) electrons. The van der Waals surface area contributed by atoms with Crippen molar-refractivity contribution >= 4 is 0 Å². The highest BCUT2D eigenvalue weighted by Gasteiger charge is 2.54. The molecule has 5 rings (SSSR count). The van der Waals surface area contributed by atoms with E-state index in [1.54, 1.807) is 0 Å². The maximum Gasteiger partial charge on any atom is 0.125 e. The van der Waals surface area contributed by atoms with Crippen LogP contribution < -0.4 is 0 Å². The Hall–Kier alpha value is -3.40. The van der Waals surface area contributed by atoms with E-state index in [-0.39, 0.29) is 23.7 Å². The molecule has 2 heterocycles. The Morgan fingerprint density at radius 2 is 0.844 bits per heavy atom. The van der Waals surface area contributed by atoms with Gasteiger partial charge < -0.3 is 0 Å². The molecule has 0 amide bonds. The second kappa shape index (κ2) is 8.27. The van der Waals surface area contributed by atoms with Crippen molar-refractivity contribution in [2.75, 3.05) is 0 Å². The third-order valence-electron chi connectivity index (χ3n) is 6.57. The van der Waals surface area contributed by atoms with E-state index in [1.807, 2.05) is 13.8 Å². The first kappa shape index (κ1) is 20.5. The largest absolute Gasteiger partial charge is 0.239 e. The molecule has 2 aromatic carbocycles. The minimum atomic E-state index is 0.251. The Balaban J connectivity index is 1.72. The minimum absolute atomic E-state index is 0.251. The third kappa shape index (κ3) is 3.70. The average Bonchev–Trinajstić information content (AvgIpc) is 2.73. The van der Waals surface area contributed by atoms with Crippen LogP contribution in [0.15, 0.2) is 72.8 Å². The highest BCUT2D eigenvalue weighted by Crippen LogP contribution is 2.65. The molecular formula is C28H28N4. The zero-order valence-electron chi connectivity index (χ0n) is 19.0. The Bertz CT molecular complexity index is 1090. The van der Waals surface area contributed by atoms with E-state index in [2.05, 4.69) is 96.6 Å². The molecule has 160 valence electrons. The van der Waals surface area contributed by atoms with E-state index in [1.165, 1.54) is 11.1 Å². The number of benzene rings is 2. The Labute approximate surface area is 189 Å². The maximum absolute atomic E-state index is 4.93. The molecular weight excluding hydrogens is 392 g/mol. The molecule has 2 aromatic heterocycles. The van der Waals surface area contributed by atoms with E-state index in [9.17, 15) is 0 Å². The first-order valence-corrected chi connectivity index (χ1v) is 11.3. The minimum Gasteiger partial charge on any atom is -0.239 e. The van der Waals surface area contributed by atoms with Crippen LogP contribution in [0.2, 0.25) is 0 Å². The van der Waals surface area contributed by atoms with Crippen molar-refractivity contribution in [1.29, 1.82) is 0 Å². The van der Waals surface area contributed by atoms with E-state index in [0.29, 0.717) is 0 Å². The average molecular weight is 421 g/mol. The van der Waals surface area contributed by atoms with Gasteiger partial charge in [0.25, 0.3) is 0 Å². The zero-order chi connectivity index (χ0) is 22.2. The SMILES string of the molecule is Cc1cc([C@H]2[C@H](c3ccccc3)[C@H](c3cc(C)nc(C)n3)[C@H]2c2ccccc2)nc(C)n1. The van der Waals surface area contributed by atoms with Gasteiger partial charge in [-0.15, -0.1) is 0 Å². The molecule has 0 atom stereocenters. The summed E-state index contributed by atoms with van der Waals surface area (Å²) in [5.74, 6) is 2.72. The van der Waals surface area contributed by atoms with Gasteiger partial charge in [0.1, 0.15) is 11.6 Å². The van der Waals surface area contributed by atoms with Gasteiger partial charge in [0.05, 0.1) is 0 Å². The third-order valence-corrected chi connectivity index (χ3v) is 6.57. The van der Waals surface area contributed by atoms with E-state index < -0.39 is 0 Å². The molecule has 1 aliphatic rings. The zero-order valence-corrected chi connectivity index (χ0v) is 19.0. The lowest BCUT2D eigenvalue weighted by atomic mass is 9.50. The van der Waals surface area contributed by atoms with Crippen molar-refractivity contribution in [3.63, 3.8) is 0 Å². The fourth-order valence-electron chi connectivity index (χ4n) is 5.50. The summed E-state index contributed by atoms with van der Waals surface area (Å²) in [6.07, 6.45) is 0. The van der Waals surface area contributed by atoms with Crippen LogP contribution >= 0.6 is 0 Å². The van der Waals surface area contributed by atoms with Gasteiger partial charge in [-0.05, 0) is 51.0 Å². The van der Waals surface area contributed by atoms with E-state index in [0.717, 1.165) is 34.4 Å². The summed E-state index contributed by atoms with van der Waals surface area (Å²) in [5.41, 5.74) is 6.94. The molecule has 0 bridgehead atoms. The van der Waals surface area contributed by atoms with Crippen molar-refractivity contribution in [1.82, 2.24) is 19.9 Å². The lowest BCUT2D eigenvalue weighted by molar-refractivity contribution is 0.219. The first-order chi connectivity index (χ1) is 15.5. The van der Waals surface area contributed by atoms with Crippen molar-refractivity contribution in [3.05, 3.63) is 118 Å². The van der Waals surface area contributed by atoms with Crippen LogP contribution in [0.4, 0.5) is 0 Å². The highest BCUT2D eigenvalue weighted by atomic mass is 14.9. The summed E-state index contributed by atoms with van der Waals surface area (Å²) in [6.45, 7) is 8.08. The van der Waals surface area contributed by atoms with Crippen molar-refractivity contribution in [3.8, 4) is 0 Å². The van der Waals surface area contributed by atoms with Crippen molar-refractivity contribution in [2.24, 2.45) is 0 Å². The monoisotopic (exact) mass is 420 g/mol. The first-order valence-electron chi connectivity index (χ1n) is 11.3. The lowest BCUT2D eigenvalue weighted by Crippen LogP contribution is -2.41. The smallest absolute Gasteiger partial charge is 0.125 e. The summed E-state index contributed by atoms with van der Waals surface area (Å²) in [5, 5.41) is 0. The lowest BCUT2D eigenvalue weighted by Gasteiger charge is -2.52. The maximum atomic E-state index is 4.93. The van der Waals surface area contributed by atoms with Crippen LogP contribution in [0.1, 0.15) is 69.2 Å². The van der Waals surface area contributed by atoms with Crippen LogP contribution in [-0.2, 0) is 0 Å². The van der Waals surface area contributed by atoms with Crippen LogP contribution in [0.5, 0.6) is 0 Å². The van der Waals surface area contributed by atoms with Gasteiger partial charge in [-0.25, -0.2) is 19.9 Å². The quantitative estimate of drug-likeness (QED) is 0.409. The van der Waals surface area contributed by atoms with E-state index in [4.69, 9.17) is 9.97 Å². The highest BCUT2D eigenvalue weighted by molar-refractivity contribution is 5.45. The van der Waals surface area contributed by atoms with Gasteiger partial charge in [-0.2, -0.15) is 0 Å². The van der Waals surface area contributed by atoms with Gasteiger partial charge in [0.2, 0.25) is 0 Å². The Morgan fingerprint density at radius 1 is 0.469 bits per heavy atom. The van der Waals surface area contributed by atoms with E-state index >= 15 is 0 Å². The molecule has 4 heteroatoms. The number of nitrogens with zero attached hydrogens (tertiary/aromatic N) is 4. The standard InChI is InChI=1S/C28H28N4/c1-17-15-23(31-19(3)29-17)27-25(21-11-7-5-8-12-21)28(24-16-18(2)30-20(4)32-24)26(27)22-13-9-6-10-14-22/h5-16,25-28H,1-4H3/t25-,26-,27-,28-. The molecule has 1 saturated carbocycles. The van der Waals surface area contributed by atoms with Gasteiger partial charge in [-0.3, -0.25) is 0 Å². The Kier molecular flexibility index (Phi) is 5.30. The van der Waals surface area contributed by atoms with Gasteiger partial charge >= 0.3 is 0 Å². The second-order valence-electron chi connectivity index (χ2n) is 8.89. The molecule has 0 unspecified atom stereocenters. The van der Waals surface area contributed by atoms with Gasteiger partial charge in [0.15, 0.2) is 0 Å². The van der Waals surface area contributed by atoms with Gasteiger partial charge in [0, 0.05) is 46.4 Å². The van der Waals surface area contributed by atoms with Crippen LogP contribution in [0, 0.1) is 27.7 Å². The Morgan fingerprint density at radius 3 is 1.19 bits per heavy atom. The summed E-state index contributed by atoms with van der Waals surface area (Å²) >= 11 is 0. The second-order valence-corrected chi connectivity index (χ2v) is 8.89. The molecule has 1 aliphatic carbocycles. The predicted octanol–water partition coefficient (Wildman–Crippen LogP) is 5.95. The number of aryl methyl sites for hydroxylation is 4. The molecule has 0 N–H and O–H groups in total. The fourth-order valence-corrected chi connectivity index (χ4v) is 5.50. The predicted molar refractivity (Wildman–Crippen MR) is 127 cm³/mol. The molecule has 32 heavy (non-hydrogen) atoms. The number of hydrogen-bond donors (Lipinski definition) is 0. The van der Waals surface area contributed by atoms with Crippen LogP contribution in [-0.4, -0.2) is 19.9 Å². The summed E-state index contributed by atoms with van der Waals surface area (Å²) in [6, 6.07) is 26.0.